The Bertz CT molecular complexity index is 871. The molecule has 2 aromatic heterocycles. The summed E-state index contributed by atoms with van der Waals surface area (Å²) in [4.78, 5) is 12.5. The Labute approximate surface area is 150 Å². The van der Waals surface area contributed by atoms with Gasteiger partial charge in [-0.15, -0.1) is 10.2 Å². The summed E-state index contributed by atoms with van der Waals surface area (Å²) < 4.78 is 7.60. The number of halogens is 1. The molecule has 1 amide bonds. The van der Waals surface area contributed by atoms with Crippen molar-refractivity contribution >= 4 is 17.5 Å². The van der Waals surface area contributed by atoms with Crippen molar-refractivity contribution in [3.05, 3.63) is 59.3 Å². The molecule has 1 aromatic carbocycles. The second-order valence-corrected chi connectivity index (χ2v) is 6.13. The number of hydrogen-bond acceptors (Lipinski definition) is 4. The predicted molar refractivity (Wildman–Crippen MR) is 95.3 cm³/mol. The van der Waals surface area contributed by atoms with Gasteiger partial charge in [-0.3, -0.25) is 4.79 Å². The van der Waals surface area contributed by atoms with Crippen LogP contribution in [0.3, 0.4) is 0 Å². The molecule has 3 rings (SSSR count). The van der Waals surface area contributed by atoms with Crippen molar-refractivity contribution in [3.8, 4) is 11.3 Å². The number of furan rings is 1. The number of aryl methyl sites for hydroxylation is 1. The lowest BCUT2D eigenvalue weighted by atomic mass is 10.2. The van der Waals surface area contributed by atoms with E-state index in [1.54, 1.807) is 24.5 Å². The minimum atomic E-state index is -0.308. The first-order chi connectivity index (χ1) is 12.1. The molecule has 0 aliphatic carbocycles. The van der Waals surface area contributed by atoms with Gasteiger partial charge in [-0.1, -0.05) is 30.7 Å². The minimum Gasteiger partial charge on any atom is -0.451 e. The fraction of sp³-hybridized carbons (Fsp3) is 0.278. The summed E-state index contributed by atoms with van der Waals surface area (Å²) >= 11 is 6.17. The van der Waals surface area contributed by atoms with Gasteiger partial charge < -0.3 is 14.3 Å². The van der Waals surface area contributed by atoms with Crippen LogP contribution in [0.1, 0.15) is 42.7 Å². The van der Waals surface area contributed by atoms with Gasteiger partial charge in [0, 0.05) is 12.1 Å². The molecule has 0 saturated carbocycles. The smallest absolute Gasteiger partial charge is 0.287 e. The third-order valence-corrected chi connectivity index (χ3v) is 4.14. The van der Waals surface area contributed by atoms with E-state index in [2.05, 4.69) is 22.4 Å². The Hall–Kier alpha value is -2.60. The first-order valence-corrected chi connectivity index (χ1v) is 8.51. The van der Waals surface area contributed by atoms with Crippen LogP contribution in [-0.4, -0.2) is 20.7 Å². The zero-order valence-electron chi connectivity index (χ0n) is 14.1. The van der Waals surface area contributed by atoms with Crippen molar-refractivity contribution < 1.29 is 9.21 Å². The van der Waals surface area contributed by atoms with Gasteiger partial charge in [-0.05, 0) is 37.6 Å². The summed E-state index contributed by atoms with van der Waals surface area (Å²) in [6.45, 7) is 4.75. The second-order valence-electron chi connectivity index (χ2n) is 5.72. The van der Waals surface area contributed by atoms with Crippen LogP contribution in [0.2, 0.25) is 5.02 Å². The summed E-state index contributed by atoms with van der Waals surface area (Å²) in [5.74, 6) is 1.19. The maximum Gasteiger partial charge on any atom is 0.287 e. The van der Waals surface area contributed by atoms with Crippen molar-refractivity contribution in [2.45, 2.75) is 32.9 Å². The molecular formula is C18H19ClN4O2. The molecule has 1 unspecified atom stereocenters. The average Bonchev–Trinajstić information content (AvgIpc) is 3.25. The van der Waals surface area contributed by atoms with Crippen molar-refractivity contribution in [1.29, 1.82) is 0 Å². The third-order valence-electron chi connectivity index (χ3n) is 3.81. The second kappa shape index (κ2) is 7.53. The Balaban J connectivity index is 1.74. The number of nitrogens with zero attached hydrogens (tertiary/aromatic N) is 3. The van der Waals surface area contributed by atoms with Gasteiger partial charge in [0.05, 0.1) is 11.1 Å². The van der Waals surface area contributed by atoms with Crippen molar-refractivity contribution in [2.24, 2.45) is 0 Å². The fourth-order valence-electron chi connectivity index (χ4n) is 2.61. The molecule has 0 bridgehead atoms. The SMILES string of the molecule is CCCn1cnnc1C(C)NC(=O)c1ccc(-c2ccccc2Cl)o1. The Kier molecular flexibility index (Phi) is 5.19. The van der Waals surface area contributed by atoms with Crippen LogP contribution in [0.15, 0.2) is 47.1 Å². The average molecular weight is 359 g/mol. The van der Waals surface area contributed by atoms with E-state index in [-0.39, 0.29) is 17.7 Å². The Morgan fingerprint density at radius 2 is 2.12 bits per heavy atom. The highest BCUT2D eigenvalue weighted by molar-refractivity contribution is 6.33. The van der Waals surface area contributed by atoms with Crippen LogP contribution in [0, 0.1) is 0 Å². The van der Waals surface area contributed by atoms with Crippen molar-refractivity contribution in [1.82, 2.24) is 20.1 Å². The van der Waals surface area contributed by atoms with E-state index in [9.17, 15) is 4.79 Å². The summed E-state index contributed by atoms with van der Waals surface area (Å²) in [7, 11) is 0. The van der Waals surface area contributed by atoms with E-state index in [0.29, 0.717) is 16.6 Å². The molecular weight excluding hydrogens is 340 g/mol. The highest BCUT2D eigenvalue weighted by atomic mass is 35.5. The quantitative estimate of drug-likeness (QED) is 0.720. The molecule has 1 atom stereocenters. The van der Waals surface area contributed by atoms with Gasteiger partial charge in [0.1, 0.15) is 12.1 Å². The molecule has 130 valence electrons. The van der Waals surface area contributed by atoms with Crippen LogP contribution >= 0.6 is 11.6 Å². The molecule has 6 nitrogen and oxygen atoms in total. The largest absolute Gasteiger partial charge is 0.451 e. The van der Waals surface area contributed by atoms with Crippen LogP contribution in [0.5, 0.6) is 0 Å². The van der Waals surface area contributed by atoms with E-state index in [1.165, 1.54) is 0 Å². The van der Waals surface area contributed by atoms with Crippen LogP contribution in [0.4, 0.5) is 0 Å². The van der Waals surface area contributed by atoms with E-state index in [0.717, 1.165) is 18.5 Å². The lowest BCUT2D eigenvalue weighted by Crippen LogP contribution is -2.28. The fourth-order valence-corrected chi connectivity index (χ4v) is 2.84. The monoisotopic (exact) mass is 358 g/mol. The number of nitrogens with one attached hydrogen (secondary N) is 1. The molecule has 3 aromatic rings. The number of benzene rings is 1. The van der Waals surface area contributed by atoms with Crippen LogP contribution < -0.4 is 5.32 Å². The summed E-state index contributed by atoms with van der Waals surface area (Å²) in [6, 6.07) is 10.4. The van der Waals surface area contributed by atoms with Gasteiger partial charge in [-0.25, -0.2) is 0 Å². The number of hydrogen-bond donors (Lipinski definition) is 1. The maximum atomic E-state index is 12.5. The molecule has 0 saturated heterocycles. The van der Waals surface area contributed by atoms with E-state index in [1.807, 2.05) is 29.7 Å². The van der Waals surface area contributed by atoms with Gasteiger partial charge in [0.2, 0.25) is 0 Å². The topological polar surface area (TPSA) is 73.0 Å². The summed E-state index contributed by atoms with van der Waals surface area (Å²) in [5.41, 5.74) is 0.749. The molecule has 1 N–H and O–H groups in total. The maximum absolute atomic E-state index is 12.5. The predicted octanol–water partition coefficient (Wildman–Crippen LogP) is 4.09. The third kappa shape index (κ3) is 3.74. The Morgan fingerprint density at radius 3 is 2.88 bits per heavy atom. The molecule has 0 spiro atoms. The lowest BCUT2D eigenvalue weighted by molar-refractivity contribution is 0.0910. The van der Waals surface area contributed by atoms with Gasteiger partial charge in [-0.2, -0.15) is 0 Å². The van der Waals surface area contributed by atoms with Gasteiger partial charge in [0.15, 0.2) is 11.6 Å². The van der Waals surface area contributed by atoms with Crippen LogP contribution in [-0.2, 0) is 6.54 Å². The molecule has 7 heteroatoms. The van der Waals surface area contributed by atoms with Crippen molar-refractivity contribution in [3.63, 3.8) is 0 Å². The molecule has 25 heavy (non-hydrogen) atoms. The lowest BCUT2D eigenvalue weighted by Gasteiger charge is -2.13. The van der Waals surface area contributed by atoms with E-state index >= 15 is 0 Å². The molecule has 0 fully saturated rings. The highest BCUT2D eigenvalue weighted by Crippen LogP contribution is 2.29. The van der Waals surface area contributed by atoms with Gasteiger partial charge in [0.25, 0.3) is 5.91 Å². The van der Waals surface area contributed by atoms with E-state index in [4.69, 9.17) is 16.0 Å². The first-order valence-electron chi connectivity index (χ1n) is 8.13. The zero-order chi connectivity index (χ0) is 17.8. The summed E-state index contributed by atoms with van der Waals surface area (Å²) in [5, 5.41) is 11.5. The standard InChI is InChI=1S/C18H19ClN4O2/c1-3-10-23-11-20-22-17(23)12(2)21-18(24)16-9-8-15(25-16)13-6-4-5-7-14(13)19/h4-9,11-12H,3,10H2,1-2H3,(H,21,24). The Morgan fingerprint density at radius 1 is 1.32 bits per heavy atom. The van der Waals surface area contributed by atoms with Crippen molar-refractivity contribution in [2.75, 3.05) is 0 Å². The first kappa shape index (κ1) is 17.2. The van der Waals surface area contributed by atoms with Gasteiger partial charge >= 0.3 is 0 Å². The number of aromatic nitrogens is 3. The number of amides is 1. The minimum absolute atomic E-state index is 0.225. The number of carbonyl (C=O) groups is 1. The molecule has 2 heterocycles. The molecule has 0 aliphatic heterocycles. The number of carbonyl (C=O) groups excluding carboxylic acids is 1. The zero-order valence-corrected chi connectivity index (χ0v) is 14.8. The van der Waals surface area contributed by atoms with Crippen LogP contribution in [0.25, 0.3) is 11.3 Å². The molecule has 0 radical (unpaired) electrons. The highest BCUT2D eigenvalue weighted by Gasteiger charge is 2.19. The number of rotatable bonds is 6. The van der Waals surface area contributed by atoms with E-state index < -0.39 is 0 Å². The normalized spacial score (nSPS) is 12.1. The molecule has 0 aliphatic rings. The summed E-state index contributed by atoms with van der Waals surface area (Å²) in [6.07, 6.45) is 2.63.